The number of benzene rings is 1. The van der Waals surface area contributed by atoms with Crippen LogP contribution in [0.15, 0.2) is 36.4 Å². The summed E-state index contributed by atoms with van der Waals surface area (Å²) in [4.78, 5) is 14.2. The van der Waals surface area contributed by atoms with E-state index in [9.17, 15) is 4.79 Å². The molecule has 1 unspecified atom stereocenters. The van der Waals surface area contributed by atoms with Crippen LogP contribution in [0.4, 0.5) is 10.5 Å². The maximum Gasteiger partial charge on any atom is 0.321 e. The van der Waals surface area contributed by atoms with Crippen molar-refractivity contribution in [2.75, 3.05) is 25.5 Å². The lowest BCUT2D eigenvalue weighted by molar-refractivity contribution is 0.101. The Bertz CT molecular complexity index is 721. The maximum absolute atomic E-state index is 12.5. The first-order chi connectivity index (χ1) is 12.1. The Hall–Kier alpha value is -2.83. The lowest BCUT2D eigenvalue weighted by Gasteiger charge is -2.32. The zero-order valence-electron chi connectivity index (χ0n) is 14.4. The van der Waals surface area contributed by atoms with Crippen LogP contribution in [0.2, 0.25) is 0 Å². The van der Waals surface area contributed by atoms with E-state index in [4.69, 9.17) is 9.47 Å². The van der Waals surface area contributed by atoms with E-state index in [0.717, 1.165) is 24.1 Å². The van der Waals surface area contributed by atoms with Crippen molar-refractivity contribution in [3.05, 3.63) is 42.0 Å². The predicted octanol–water partition coefficient (Wildman–Crippen LogP) is 2.87. The number of hydrogen-bond donors (Lipinski definition) is 1. The first-order valence-corrected chi connectivity index (χ1v) is 8.31. The fourth-order valence-electron chi connectivity index (χ4n) is 2.79. The summed E-state index contributed by atoms with van der Waals surface area (Å²) in [6.45, 7) is 3.23. The molecule has 2 amide bonds. The van der Waals surface area contributed by atoms with Crippen molar-refractivity contribution in [2.45, 2.75) is 25.9 Å². The molecule has 2 aromatic rings. The van der Waals surface area contributed by atoms with E-state index in [-0.39, 0.29) is 12.1 Å². The van der Waals surface area contributed by atoms with Gasteiger partial charge in [-0.3, -0.25) is 0 Å². The van der Waals surface area contributed by atoms with Crippen molar-refractivity contribution >= 4 is 11.7 Å². The van der Waals surface area contributed by atoms with Gasteiger partial charge >= 0.3 is 6.03 Å². The minimum absolute atomic E-state index is 0.0975. The number of rotatable bonds is 4. The number of hydrogen-bond acceptors (Lipinski definition) is 5. The van der Waals surface area contributed by atoms with Crippen molar-refractivity contribution < 1.29 is 14.3 Å². The smallest absolute Gasteiger partial charge is 0.321 e. The van der Waals surface area contributed by atoms with Gasteiger partial charge < -0.3 is 19.7 Å². The standard InChI is InChI=1S/C18H22N4O3/c1-13-5-3-6-14(11-13)19-18(23)22-10-4-7-15(12-22)25-17-9-8-16(24-2)20-21-17/h3,5-6,8-9,11,15H,4,7,10,12H2,1-2H3,(H,19,23). The molecule has 1 fully saturated rings. The van der Waals surface area contributed by atoms with E-state index in [1.54, 1.807) is 17.0 Å². The summed E-state index contributed by atoms with van der Waals surface area (Å²) in [6, 6.07) is 11.1. The minimum atomic E-state index is -0.111. The summed E-state index contributed by atoms with van der Waals surface area (Å²) in [6.07, 6.45) is 1.66. The number of piperidine rings is 1. The average Bonchev–Trinajstić information content (AvgIpc) is 2.62. The largest absolute Gasteiger partial charge is 0.480 e. The Morgan fingerprint density at radius 1 is 1.24 bits per heavy atom. The van der Waals surface area contributed by atoms with Gasteiger partial charge in [0.15, 0.2) is 0 Å². The summed E-state index contributed by atoms with van der Waals surface area (Å²) >= 11 is 0. The van der Waals surface area contributed by atoms with Crippen LogP contribution in [0.5, 0.6) is 11.8 Å². The number of nitrogens with zero attached hydrogens (tertiary/aromatic N) is 3. The molecule has 0 saturated carbocycles. The van der Waals surface area contributed by atoms with Crippen LogP contribution in [0.1, 0.15) is 18.4 Å². The van der Waals surface area contributed by atoms with Gasteiger partial charge in [-0.25, -0.2) is 4.79 Å². The zero-order chi connectivity index (χ0) is 17.6. The molecule has 1 aliphatic heterocycles. The van der Waals surface area contributed by atoms with Crippen LogP contribution in [-0.2, 0) is 0 Å². The monoisotopic (exact) mass is 342 g/mol. The molecule has 0 aliphatic carbocycles. The molecule has 1 aliphatic rings. The number of carbonyl (C=O) groups excluding carboxylic acids is 1. The summed E-state index contributed by atoms with van der Waals surface area (Å²) < 4.78 is 10.8. The van der Waals surface area contributed by atoms with Crippen molar-refractivity contribution in [2.24, 2.45) is 0 Å². The van der Waals surface area contributed by atoms with Crippen LogP contribution in [0.3, 0.4) is 0 Å². The lowest BCUT2D eigenvalue weighted by Crippen LogP contribution is -2.46. The molecule has 0 spiro atoms. The molecule has 1 saturated heterocycles. The number of aromatic nitrogens is 2. The second-order valence-corrected chi connectivity index (χ2v) is 6.04. The molecule has 25 heavy (non-hydrogen) atoms. The molecule has 0 bridgehead atoms. The number of methoxy groups -OCH3 is 1. The Morgan fingerprint density at radius 3 is 2.76 bits per heavy atom. The van der Waals surface area contributed by atoms with E-state index in [1.165, 1.54) is 7.11 Å². The molecule has 7 heteroatoms. The summed E-state index contributed by atoms with van der Waals surface area (Å²) in [5.41, 5.74) is 1.91. The minimum Gasteiger partial charge on any atom is -0.480 e. The van der Waals surface area contributed by atoms with Crippen LogP contribution < -0.4 is 14.8 Å². The normalized spacial score (nSPS) is 17.0. The molecule has 132 valence electrons. The van der Waals surface area contributed by atoms with Crippen molar-refractivity contribution in [1.29, 1.82) is 0 Å². The lowest BCUT2D eigenvalue weighted by atomic mass is 10.1. The Kier molecular flexibility index (Phi) is 5.33. The van der Waals surface area contributed by atoms with Crippen LogP contribution in [0, 0.1) is 6.92 Å². The van der Waals surface area contributed by atoms with Crippen molar-refractivity contribution in [1.82, 2.24) is 15.1 Å². The molecule has 1 aromatic heterocycles. The topological polar surface area (TPSA) is 76.6 Å². The number of anilines is 1. The Labute approximate surface area is 147 Å². The fourth-order valence-corrected chi connectivity index (χ4v) is 2.79. The van der Waals surface area contributed by atoms with Gasteiger partial charge in [0.05, 0.1) is 13.7 Å². The number of urea groups is 1. The molecule has 7 nitrogen and oxygen atoms in total. The van der Waals surface area contributed by atoms with Gasteiger partial charge in [-0.15, -0.1) is 10.2 Å². The first-order valence-electron chi connectivity index (χ1n) is 8.31. The Balaban J connectivity index is 1.57. The molecular weight excluding hydrogens is 320 g/mol. The van der Waals surface area contributed by atoms with Gasteiger partial charge in [-0.1, -0.05) is 12.1 Å². The molecule has 2 heterocycles. The van der Waals surface area contributed by atoms with E-state index in [0.29, 0.717) is 24.8 Å². The SMILES string of the molecule is COc1ccc(OC2CCCN(C(=O)Nc3cccc(C)c3)C2)nn1. The van der Waals surface area contributed by atoms with Gasteiger partial charge in [0.2, 0.25) is 11.8 Å². The van der Waals surface area contributed by atoms with Gasteiger partial charge in [-0.2, -0.15) is 0 Å². The third-order valence-electron chi connectivity index (χ3n) is 4.05. The second kappa shape index (κ2) is 7.83. The number of aryl methyl sites for hydroxylation is 1. The number of ether oxygens (including phenoxy) is 2. The number of likely N-dealkylation sites (tertiary alicyclic amines) is 1. The highest BCUT2D eigenvalue weighted by atomic mass is 16.5. The zero-order valence-corrected chi connectivity index (χ0v) is 14.4. The van der Waals surface area contributed by atoms with Gasteiger partial charge in [0.1, 0.15) is 6.10 Å². The van der Waals surface area contributed by atoms with Gasteiger partial charge in [-0.05, 0) is 37.5 Å². The van der Waals surface area contributed by atoms with Crippen molar-refractivity contribution in [3.8, 4) is 11.8 Å². The third-order valence-corrected chi connectivity index (χ3v) is 4.05. The second-order valence-electron chi connectivity index (χ2n) is 6.04. The molecule has 1 N–H and O–H groups in total. The van der Waals surface area contributed by atoms with Gasteiger partial charge in [0, 0.05) is 24.4 Å². The highest BCUT2D eigenvalue weighted by Gasteiger charge is 2.25. The maximum atomic E-state index is 12.5. The molecule has 1 aromatic carbocycles. The average molecular weight is 342 g/mol. The van der Waals surface area contributed by atoms with E-state index in [1.807, 2.05) is 31.2 Å². The Morgan fingerprint density at radius 2 is 2.04 bits per heavy atom. The summed E-state index contributed by atoms with van der Waals surface area (Å²) in [5, 5.41) is 10.8. The summed E-state index contributed by atoms with van der Waals surface area (Å²) in [5.74, 6) is 0.877. The van der Waals surface area contributed by atoms with Crippen LogP contribution in [0.25, 0.3) is 0 Å². The molecule has 0 radical (unpaired) electrons. The van der Waals surface area contributed by atoms with Crippen molar-refractivity contribution in [3.63, 3.8) is 0 Å². The molecule has 1 atom stereocenters. The highest BCUT2D eigenvalue weighted by Crippen LogP contribution is 2.19. The van der Waals surface area contributed by atoms with Crippen LogP contribution >= 0.6 is 0 Å². The number of nitrogens with one attached hydrogen (secondary N) is 1. The first kappa shape index (κ1) is 17.0. The fraction of sp³-hybridized carbons (Fsp3) is 0.389. The molecule has 3 rings (SSSR count). The predicted molar refractivity (Wildman–Crippen MR) is 94.0 cm³/mol. The quantitative estimate of drug-likeness (QED) is 0.924. The van der Waals surface area contributed by atoms with E-state index in [2.05, 4.69) is 15.5 Å². The number of carbonyl (C=O) groups is 1. The van der Waals surface area contributed by atoms with E-state index < -0.39 is 0 Å². The van der Waals surface area contributed by atoms with Crippen LogP contribution in [-0.4, -0.2) is 47.4 Å². The highest BCUT2D eigenvalue weighted by molar-refractivity contribution is 5.89. The number of amides is 2. The third kappa shape index (κ3) is 4.59. The van der Waals surface area contributed by atoms with Gasteiger partial charge in [0.25, 0.3) is 0 Å². The summed E-state index contributed by atoms with van der Waals surface area (Å²) in [7, 11) is 1.54. The molecular formula is C18H22N4O3. The van der Waals surface area contributed by atoms with E-state index >= 15 is 0 Å².